The van der Waals surface area contributed by atoms with Gasteiger partial charge in [0.2, 0.25) is 0 Å². The lowest BCUT2D eigenvalue weighted by Crippen LogP contribution is -2.15. The molecule has 0 radical (unpaired) electrons. The van der Waals surface area contributed by atoms with Gasteiger partial charge < -0.3 is 15.2 Å². The number of nitrogens with one attached hydrogen (secondary N) is 2. The topological polar surface area (TPSA) is 48.1 Å². The van der Waals surface area contributed by atoms with E-state index in [0.717, 1.165) is 29.6 Å². The highest BCUT2D eigenvalue weighted by Gasteiger charge is 2.11. The number of likely N-dealkylation sites (N-methyl/N-ethyl adjacent to an activating group) is 1. The second kappa shape index (κ2) is 7.30. The van der Waals surface area contributed by atoms with E-state index in [1.54, 1.807) is 24.3 Å². The number of nitrogens with zero attached hydrogens (tertiary/aromatic N) is 1. The van der Waals surface area contributed by atoms with Crippen molar-refractivity contribution in [1.29, 1.82) is 0 Å². The summed E-state index contributed by atoms with van der Waals surface area (Å²) in [5.74, 6) is -0.141. The van der Waals surface area contributed by atoms with Gasteiger partial charge in [-0.3, -0.25) is 4.79 Å². The Morgan fingerprint density at radius 2 is 1.88 bits per heavy atom. The molecule has 1 amide bonds. The van der Waals surface area contributed by atoms with Crippen LogP contribution in [0.1, 0.15) is 21.6 Å². The number of halogens is 1. The summed E-state index contributed by atoms with van der Waals surface area (Å²) in [5, 5.41) is 4.74. The van der Waals surface area contributed by atoms with E-state index in [4.69, 9.17) is 11.6 Å². The van der Waals surface area contributed by atoms with E-state index in [1.807, 2.05) is 18.2 Å². The minimum Gasteiger partial charge on any atom is -0.358 e. The van der Waals surface area contributed by atoms with Crippen molar-refractivity contribution in [3.8, 4) is 0 Å². The summed E-state index contributed by atoms with van der Waals surface area (Å²) < 4.78 is 0. The third kappa shape index (κ3) is 4.03. The lowest BCUT2D eigenvalue weighted by atomic mass is 10.1. The molecule has 0 saturated heterocycles. The van der Waals surface area contributed by atoms with Crippen LogP contribution >= 0.6 is 11.6 Å². The van der Waals surface area contributed by atoms with Crippen molar-refractivity contribution in [2.24, 2.45) is 0 Å². The van der Waals surface area contributed by atoms with Crippen LogP contribution in [0.2, 0.25) is 5.02 Å². The Bertz CT molecular complexity index is 897. The molecule has 25 heavy (non-hydrogen) atoms. The smallest absolute Gasteiger partial charge is 0.255 e. The Morgan fingerprint density at radius 1 is 1.16 bits per heavy atom. The zero-order valence-corrected chi connectivity index (χ0v) is 15.4. The van der Waals surface area contributed by atoms with Crippen LogP contribution in [-0.2, 0) is 6.42 Å². The molecule has 0 unspecified atom stereocenters. The summed E-state index contributed by atoms with van der Waals surface area (Å²) >= 11 is 5.87. The Balaban J connectivity index is 1.85. The molecule has 3 aromatic rings. The predicted molar refractivity (Wildman–Crippen MR) is 105 cm³/mol. The number of hydrogen-bond donors (Lipinski definition) is 2. The molecule has 0 aliphatic heterocycles. The molecule has 4 nitrogen and oxygen atoms in total. The Hall–Kier alpha value is -2.30. The van der Waals surface area contributed by atoms with E-state index < -0.39 is 0 Å². The standard InChI is InChI=1S/C20H22ClN3O/c1-13-17(10-11-24(2)3)18-12-16(8-9-19(18)22-13)23-20(25)14-4-6-15(21)7-5-14/h4-9,12,22H,10-11H2,1-3H3,(H,23,25). The minimum absolute atomic E-state index is 0.141. The Kier molecular flexibility index (Phi) is 5.11. The fourth-order valence-electron chi connectivity index (χ4n) is 2.92. The number of aryl methyl sites for hydroxylation is 1. The van der Waals surface area contributed by atoms with Crippen LogP contribution in [0.3, 0.4) is 0 Å². The maximum Gasteiger partial charge on any atom is 0.255 e. The largest absolute Gasteiger partial charge is 0.358 e. The number of aromatic amines is 1. The Labute approximate surface area is 152 Å². The van der Waals surface area contributed by atoms with E-state index in [0.29, 0.717) is 10.6 Å². The monoisotopic (exact) mass is 355 g/mol. The van der Waals surface area contributed by atoms with E-state index in [2.05, 4.69) is 36.2 Å². The van der Waals surface area contributed by atoms with Crippen LogP contribution in [0.15, 0.2) is 42.5 Å². The molecule has 0 aliphatic rings. The maximum absolute atomic E-state index is 12.4. The van der Waals surface area contributed by atoms with E-state index in [1.165, 1.54) is 11.3 Å². The molecule has 130 valence electrons. The van der Waals surface area contributed by atoms with E-state index in [-0.39, 0.29) is 5.91 Å². The molecule has 0 saturated carbocycles. The van der Waals surface area contributed by atoms with Gasteiger partial charge >= 0.3 is 0 Å². The zero-order valence-electron chi connectivity index (χ0n) is 14.7. The van der Waals surface area contributed by atoms with Gasteiger partial charge in [-0.1, -0.05) is 11.6 Å². The molecule has 3 rings (SSSR count). The number of amides is 1. The number of aromatic nitrogens is 1. The summed E-state index contributed by atoms with van der Waals surface area (Å²) in [6, 6.07) is 12.8. The first-order valence-electron chi connectivity index (χ1n) is 8.27. The molecule has 0 aliphatic carbocycles. The molecule has 0 spiro atoms. The fraction of sp³-hybridized carbons (Fsp3) is 0.250. The molecule has 2 aromatic carbocycles. The molecular formula is C20H22ClN3O. The molecule has 0 fully saturated rings. The van der Waals surface area contributed by atoms with Gasteiger partial charge in [0.1, 0.15) is 0 Å². The minimum atomic E-state index is -0.141. The summed E-state index contributed by atoms with van der Waals surface area (Å²) in [6.45, 7) is 3.08. The highest BCUT2D eigenvalue weighted by Crippen LogP contribution is 2.26. The first-order chi connectivity index (χ1) is 11.9. The third-order valence-corrected chi connectivity index (χ3v) is 4.54. The molecule has 0 atom stereocenters. The SMILES string of the molecule is Cc1[nH]c2ccc(NC(=O)c3ccc(Cl)cc3)cc2c1CCN(C)C. The quantitative estimate of drug-likeness (QED) is 0.708. The van der Waals surface area contributed by atoms with Crippen molar-refractivity contribution < 1.29 is 4.79 Å². The highest BCUT2D eigenvalue weighted by atomic mass is 35.5. The average Bonchev–Trinajstić information content (AvgIpc) is 2.88. The van der Waals surface area contributed by atoms with Crippen LogP contribution in [0, 0.1) is 6.92 Å². The van der Waals surface area contributed by atoms with Gasteiger partial charge in [-0.15, -0.1) is 0 Å². The lowest BCUT2D eigenvalue weighted by molar-refractivity contribution is 0.102. The summed E-state index contributed by atoms with van der Waals surface area (Å²) in [5.41, 5.74) is 4.94. The van der Waals surface area contributed by atoms with Gasteiger partial charge in [-0.25, -0.2) is 0 Å². The van der Waals surface area contributed by atoms with Gasteiger partial charge in [-0.05, 0) is 75.5 Å². The van der Waals surface area contributed by atoms with E-state index in [9.17, 15) is 4.79 Å². The van der Waals surface area contributed by atoms with Crippen LogP contribution in [0.25, 0.3) is 10.9 Å². The van der Waals surface area contributed by atoms with Crippen LogP contribution in [0.4, 0.5) is 5.69 Å². The zero-order chi connectivity index (χ0) is 18.0. The summed E-state index contributed by atoms with van der Waals surface area (Å²) in [4.78, 5) is 18.0. The number of benzene rings is 2. The second-order valence-corrected chi connectivity index (χ2v) is 6.94. The van der Waals surface area contributed by atoms with Crippen LogP contribution in [0.5, 0.6) is 0 Å². The van der Waals surface area contributed by atoms with E-state index >= 15 is 0 Å². The third-order valence-electron chi connectivity index (χ3n) is 4.29. The van der Waals surface area contributed by atoms with Gasteiger partial charge in [-0.2, -0.15) is 0 Å². The molecule has 2 N–H and O–H groups in total. The number of rotatable bonds is 5. The highest BCUT2D eigenvalue weighted by molar-refractivity contribution is 6.30. The first kappa shape index (κ1) is 17.5. The normalized spacial score (nSPS) is 11.2. The van der Waals surface area contributed by atoms with Crippen LogP contribution in [-0.4, -0.2) is 36.4 Å². The molecular weight excluding hydrogens is 334 g/mol. The number of hydrogen-bond acceptors (Lipinski definition) is 2. The molecule has 1 aromatic heterocycles. The molecule has 5 heteroatoms. The predicted octanol–water partition coefficient (Wildman–Crippen LogP) is 4.49. The van der Waals surface area contributed by atoms with Crippen molar-refractivity contribution in [3.63, 3.8) is 0 Å². The number of carbonyl (C=O) groups is 1. The van der Waals surface area contributed by atoms with Crippen molar-refractivity contribution in [1.82, 2.24) is 9.88 Å². The summed E-state index contributed by atoms with van der Waals surface area (Å²) in [6.07, 6.45) is 0.966. The molecule has 0 bridgehead atoms. The number of fused-ring (bicyclic) bond motifs is 1. The molecule has 1 heterocycles. The first-order valence-corrected chi connectivity index (χ1v) is 8.64. The summed E-state index contributed by atoms with van der Waals surface area (Å²) in [7, 11) is 4.14. The number of anilines is 1. The van der Waals surface area contributed by atoms with Gasteiger partial charge in [0, 0.05) is 39.4 Å². The van der Waals surface area contributed by atoms with Crippen molar-refractivity contribution in [3.05, 3.63) is 64.3 Å². The average molecular weight is 356 g/mol. The van der Waals surface area contributed by atoms with Crippen molar-refractivity contribution in [2.75, 3.05) is 26.0 Å². The van der Waals surface area contributed by atoms with Crippen molar-refractivity contribution >= 4 is 34.1 Å². The van der Waals surface area contributed by atoms with Gasteiger partial charge in [0.15, 0.2) is 0 Å². The lowest BCUT2D eigenvalue weighted by Gasteiger charge is -2.10. The number of carbonyl (C=O) groups excluding carboxylic acids is 1. The second-order valence-electron chi connectivity index (χ2n) is 6.50. The van der Waals surface area contributed by atoms with Gasteiger partial charge in [0.25, 0.3) is 5.91 Å². The Morgan fingerprint density at radius 3 is 2.56 bits per heavy atom. The van der Waals surface area contributed by atoms with Crippen molar-refractivity contribution in [2.45, 2.75) is 13.3 Å². The number of H-pyrrole nitrogens is 1. The maximum atomic E-state index is 12.4. The van der Waals surface area contributed by atoms with Gasteiger partial charge in [0.05, 0.1) is 0 Å². The fourth-order valence-corrected chi connectivity index (χ4v) is 3.05. The van der Waals surface area contributed by atoms with Crippen LogP contribution < -0.4 is 5.32 Å².